The number of rotatable bonds is 8. The molecule has 50 heavy (non-hydrogen) atoms. The third-order valence-corrected chi connectivity index (χ3v) is 8.16. The van der Waals surface area contributed by atoms with Crippen molar-refractivity contribution in [2.45, 2.75) is 68.4 Å². The van der Waals surface area contributed by atoms with Crippen LogP contribution in [0, 0.1) is 0 Å². The number of quaternary nitrogens is 1. The maximum absolute atomic E-state index is 8.70. The lowest BCUT2D eigenvalue weighted by Crippen LogP contribution is -2.46. The molecular weight excluding hydrogens is 718 g/mol. The van der Waals surface area contributed by atoms with Gasteiger partial charge >= 0.3 is 0 Å². The second-order valence-corrected chi connectivity index (χ2v) is 10.8. The number of ether oxygens (including phenoxy) is 1. The zero-order chi connectivity index (χ0) is 36.4. The predicted molar refractivity (Wildman–Crippen MR) is 212 cm³/mol. The molecule has 0 fully saturated rings. The smallest absolute Gasteiger partial charge is 0.247 e. The van der Waals surface area contributed by atoms with Gasteiger partial charge in [0.2, 0.25) is 5.88 Å². The van der Waals surface area contributed by atoms with E-state index in [1.165, 1.54) is 18.2 Å². The number of phenols is 1. The van der Waals surface area contributed by atoms with Crippen molar-refractivity contribution < 1.29 is 14.3 Å². The van der Waals surface area contributed by atoms with E-state index in [-0.39, 0.29) is 22.7 Å². The van der Waals surface area contributed by atoms with Gasteiger partial charge in [0, 0.05) is 29.3 Å². The van der Waals surface area contributed by atoms with Crippen LogP contribution >= 0.6 is 28.6 Å². The van der Waals surface area contributed by atoms with Gasteiger partial charge < -0.3 is 25.8 Å². The molecule has 0 unspecified atom stereocenters. The summed E-state index contributed by atoms with van der Waals surface area (Å²) in [5, 5.41) is 17.6. The van der Waals surface area contributed by atoms with Crippen molar-refractivity contribution in [2.24, 2.45) is 0 Å². The molecule has 0 aliphatic rings. The van der Waals surface area contributed by atoms with Crippen LogP contribution in [0.3, 0.4) is 0 Å². The van der Waals surface area contributed by atoms with Gasteiger partial charge in [-0.15, -0.1) is 17.0 Å². The summed E-state index contributed by atoms with van der Waals surface area (Å²) in [6.45, 7) is 21.2. The first-order valence-electron chi connectivity index (χ1n) is 16.9. The van der Waals surface area contributed by atoms with Crippen molar-refractivity contribution in [3.63, 3.8) is 0 Å². The maximum Gasteiger partial charge on any atom is 0.247 e. The molecule has 11 nitrogen and oxygen atoms in total. The first-order chi connectivity index (χ1) is 23.7. The third kappa shape index (κ3) is 11.9. The summed E-state index contributed by atoms with van der Waals surface area (Å²) in [6, 6.07) is 17.8. The van der Waals surface area contributed by atoms with Gasteiger partial charge in [-0.25, -0.2) is 14.0 Å². The molecule has 0 amide bonds. The lowest BCUT2D eigenvalue weighted by atomic mass is 10.2. The fourth-order valence-electron chi connectivity index (χ4n) is 4.94. The molecule has 5 N–H and O–H groups in total. The zero-order valence-electron chi connectivity index (χ0n) is 30.5. The van der Waals surface area contributed by atoms with Crippen molar-refractivity contribution in [3.8, 4) is 17.4 Å². The largest absolute Gasteiger partial charge is 0.508 e. The Labute approximate surface area is 312 Å². The van der Waals surface area contributed by atoms with Crippen LogP contribution in [-0.2, 0) is 13.0 Å². The van der Waals surface area contributed by atoms with Crippen molar-refractivity contribution >= 4 is 51.0 Å². The van der Waals surface area contributed by atoms with Gasteiger partial charge in [-0.3, -0.25) is 0 Å². The highest BCUT2D eigenvalue weighted by Crippen LogP contribution is 2.27. The number of benzene rings is 2. The number of halogens is 2. The highest BCUT2D eigenvalue weighted by molar-refractivity contribution is 8.93. The molecule has 0 aliphatic carbocycles. The van der Waals surface area contributed by atoms with Crippen LogP contribution in [0.15, 0.2) is 85.7 Å². The minimum atomic E-state index is 0. The first-order valence-corrected chi connectivity index (χ1v) is 17.3. The van der Waals surface area contributed by atoms with Gasteiger partial charge in [0.05, 0.1) is 19.6 Å². The van der Waals surface area contributed by atoms with E-state index in [9.17, 15) is 0 Å². The van der Waals surface area contributed by atoms with Gasteiger partial charge in [-0.1, -0.05) is 46.2 Å². The van der Waals surface area contributed by atoms with E-state index in [2.05, 4.69) is 53.9 Å². The van der Waals surface area contributed by atoms with E-state index < -0.39 is 0 Å². The first kappa shape index (κ1) is 43.6. The van der Waals surface area contributed by atoms with Crippen molar-refractivity contribution in [1.82, 2.24) is 29.2 Å². The van der Waals surface area contributed by atoms with Gasteiger partial charge in [-0.05, 0) is 93.4 Å². The van der Waals surface area contributed by atoms with Crippen molar-refractivity contribution in [2.75, 3.05) is 31.1 Å². The maximum atomic E-state index is 8.70. The molecule has 0 atom stereocenters. The molecule has 0 radical (unpaired) electrons. The molecule has 0 saturated heterocycles. The number of aromatic nitrogens is 6. The van der Waals surface area contributed by atoms with Crippen molar-refractivity contribution in [1.29, 1.82) is 0 Å². The molecule has 4 aromatic heterocycles. The van der Waals surface area contributed by atoms with E-state index in [1.54, 1.807) is 45.4 Å². The minimum absolute atomic E-state index is 0. The minimum Gasteiger partial charge on any atom is -0.508 e. The summed E-state index contributed by atoms with van der Waals surface area (Å²) >= 11 is 6.18. The summed E-state index contributed by atoms with van der Waals surface area (Å²) < 4.78 is 10.5. The number of nitrogen functional groups attached to an aromatic ring is 2. The predicted octanol–water partition coefficient (Wildman–Crippen LogP) is 9.03. The molecule has 0 aliphatic heterocycles. The molecule has 0 bridgehead atoms. The molecule has 6 aromatic rings. The van der Waals surface area contributed by atoms with Gasteiger partial charge in [0.15, 0.2) is 5.15 Å². The second-order valence-electron chi connectivity index (χ2n) is 10.4. The van der Waals surface area contributed by atoms with Crippen LogP contribution in [0.1, 0.15) is 66.5 Å². The Bertz CT molecular complexity index is 1780. The summed E-state index contributed by atoms with van der Waals surface area (Å²) in [6.07, 6.45) is 7.74. The van der Waals surface area contributed by atoms with Crippen molar-refractivity contribution in [3.05, 3.63) is 102 Å². The van der Waals surface area contributed by atoms with Crippen LogP contribution in [0.5, 0.6) is 17.4 Å². The Morgan fingerprint density at radius 2 is 1.18 bits per heavy atom. The Morgan fingerprint density at radius 3 is 1.68 bits per heavy atom. The highest BCUT2D eigenvalue weighted by Gasteiger charge is 2.24. The average Bonchev–Trinajstić information content (AvgIpc) is 3.77. The summed E-state index contributed by atoms with van der Waals surface area (Å²) in [7, 11) is 0. The van der Waals surface area contributed by atoms with Gasteiger partial charge in [0.25, 0.3) is 0 Å². The van der Waals surface area contributed by atoms with E-state index in [4.69, 9.17) is 32.9 Å². The summed E-state index contributed by atoms with van der Waals surface area (Å²) in [4.78, 5) is 8.29. The Kier molecular flexibility index (Phi) is 19.5. The van der Waals surface area contributed by atoms with E-state index in [0.717, 1.165) is 53.7 Å². The Morgan fingerprint density at radius 1 is 0.700 bits per heavy atom. The normalized spacial score (nSPS) is 10.2. The fourth-order valence-corrected chi connectivity index (χ4v) is 5.19. The van der Waals surface area contributed by atoms with Crippen LogP contribution < -0.4 is 16.2 Å². The van der Waals surface area contributed by atoms with Gasteiger partial charge in [-0.2, -0.15) is 15.2 Å². The van der Waals surface area contributed by atoms with E-state index in [1.807, 2.05) is 58.3 Å². The molecular formula is C37H54BrClN9O2+. The molecule has 13 heteroatoms. The quantitative estimate of drug-likeness (QED) is 0.0791. The zero-order valence-corrected chi connectivity index (χ0v) is 33.0. The number of hydrogen-bond acceptors (Lipinski definition) is 8. The number of fused-ring (bicyclic) bond motifs is 2. The lowest BCUT2D eigenvalue weighted by molar-refractivity contribution is -0.936. The van der Waals surface area contributed by atoms with Crippen LogP contribution in [0.25, 0.3) is 11.0 Å². The SMILES string of the molecule is Br.CC.CC.CC[N+](CC)(CC)Cc1ccn2ncnc(Cl)c12.CCc1ccn2ncnc(Oc3ccc(N)cc3)c12.Nc1ccc(O)cc1. The Hall–Kier alpha value is -4.39. The van der Waals surface area contributed by atoms with E-state index >= 15 is 0 Å². The average molecular weight is 772 g/mol. The number of aryl methyl sites for hydroxylation is 1. The standard InChI is InChI=1S/C14H14N4O.C13H20ClN4.C6H7NO.2C2H6.BrH/c1-2-10-7-8-18-13(10)14(16-9-17-18)19-12-5-3-11(15)4-6-12;1-4-18(5-2,6-3)9-11-7-8-17-12(11)13(14)15-10-16-17;7-5-1-3-6(8)4-2-5;2*1-2;/h3-9H,2,15H2,1H3;7-8,10H,4-6,9H2,1-3H3;1-4,8H,7H2;2*1-2H3;1H/q;+1;;;;. The molecule has 4 heterocycles. The summed E-state index contributed by atoms with van der Waals surface area (Å²) in [5.74, 6) is 1.51. The Balaban J connectivity index is 0.000000376. The fraction of sp³-hybridized carbons (Fsp3) is 0.351. The molecule has 0 spiro atoms. The monoisotopic (exact) mass is 770 g/mol. The molecule has 272 valence electrons. The topological polar surface area (TPSA) is 142 Å². The number of nitrogens with two attached hydrogens (primary N) is 2. The molecule has 0 saturated carbocycles. The number of nitrogens with zero attached hydrogens (tertiary/aromatic N) is 7. The van der Waals surface area contributed by atoms with Crippen LogP contribution in [0.4, 0.5) is 11.4 Å². The highest BCUT2D eigenvalue weighted by atomic mass is 79.9. The van der Waals surface area contributed by atoms with Gasteiger partial charge in [0.1, 0.15) is 41.7 Å². The second kappa shape index (κ2) is 22.4. The number of hydrogen-bond donors (Lipinski definition) is 3. The van der Waals surface area contributed by atoms with Crippen LogP contribution in [-0.4, -0.2) is 58.4 Å². The molecule has 6 rings (SSSR count). The molecule has 2 aromatic carbocycles. The number of anilines is 2. The van der Waals surface area contributed by atoms with Crippen LogP contribution in [0.2, 0.25) is 5.15 Å². The van der Waals surface area contributed by atoms with E-state index in [0.29, 0.717) is 28.2 Å². The number of aromatic hydroxyl groups is 1. The lowest BCUT2D eigenvalue weighted by Gasteiger charge is -2.35. The number of phenolic OH excluding ortho intramolecular Hbond substituents is 1. The third-order valence-electron chi connectivity index (χ3n) is 7.88. The summed E-state index contributed by atoms with van der Waals surface area (Å²) in [5.41, 5.74) is 16.6.